The molecule has 0 aliphatic carbocycles. The van der Waals surface area contributed by atoms with Crippen LogP contribution in [0.5, 0.6) is 0 Å². The number of carbonyl (C=O) groups excluding carboxylic acids is 10. The van der Waals surface area contributed by atoms with Gasteiger partial charge in [0.05, 0.1) is 6.42 Å². The predicted molar refractivity (Wildman–Crippen MR) is 318 cm³/mol. The van der Waals surface area contributed by atoms with Crippen LogP contribution in [0.3, 0.4) is 0 Å². The average molecular weight is 1210 g/mol. The van der Waals surface area contributed by atoms with Crippen molar-refractivity contribution in [2.75, 3.05) is 19.6 Å². The molecule has 27 nitrogen and oxygen atoms in total. The summed E-state index contributed by atoms with van der Waals surface area (Å²) in [4.78, 5) is 177. The number of aliphatic imine (C=N–C) groups is 1. The Balaban J connectivity index is 1.62. The van der Waals surface area contributed by atoms with Crippen molar-refractivity contribution in [3.05, 3.63) is 71.8 Å². The van der Waals surface area contributed by atoms with Gasteiger partial charge in [0, 0.05) is 38.9 Å². The SMILES string of the molecule is CC(C)C[C@@H]1NC(=O)[C@H](CC(=O)O)NC(=O)[C@H](C(C)C)NC(=O)[C@@H]2CCCN2C(=O)[C@@H](Cc2ccccc2)NC(=O)[C@H](CC(C)C)NC(=O)[C@H](CCCN=C(N)N)NC(=O)[C@H](CCC(=O)O)NC(=O)[C@@H]2CCCN2C(=O)[C@@H](Cc2ccccc2)NC1=O. The molecule has 27 heteroatoms. The lowest BCUT2D eigenvalue weighted by Gasteiger charge is -2.32. The maximum atomic E-state index is 14.9. The van der Waals surface area contributed by atoms with Crippen LogP contribution in [-0.4, -0.2) is 177 Å². The summed E-state index contributed by atoms with van der Waals surface area (Å²) in [6.45, 7) is 10.4. The zero-order chi connectivity index (χ0) is 64.1. The topological polar surface area (TPSA) is 412 Å². The van der Waals surface area contributed by atoms with Gasteiger partial charge in [-0.2, -0.15) is 0 Å². The van der Waals surface area contributed by atoms with Gasteiger partial charge < -0.3 is 74.0 Å². The van der Waals surface area contributed by atoms with Crippen molar-refractivity contribution >= 4 is 77.0 Å². The highest BCUT2D eigenvalue weighted by Gasteiger charge is 2.43. The lowest BCUT2D eigenvalue weighted by atomic mass is 9.99. The molecule has 3 aliphatic heterocycles. The molecule has 14 N–H and O–H groups in total. The van der Waals surface area contributed by atoms with Crippen LogP contribution in [0.1, 0.15) is 123 Å². The third kappa shape index (κ3) is 21.4. The highest BCUT2D eigenvalue weighted by Crippen LogP contribution is 2.24. The number of hydrogen-bond acceptors (Lipinski definition) is 13. The number of hydrogen-bond donors (Lipinski definition) is 12. The second-order valence-electron chi connectivity index (χ2n) is 23.7. The number of nitrogens with two attached hydrogens (primary N) is 2. The minimum atomic E-state index is -1.80. The Morgan fingerprint density at radius 2 is 0.897 bits per heavy atom. The summed E-state index contributed by atoms with van der Waals surface area (Å²) in [6, 6.07) is 3.07. The van der Waals surface area contributed by atoms with Gasteiger partial charge in [-0.3, -0.25) is 62.5 Å². The van der Waals surface area contributed by atoms with Crippen LogP contribution in [0.25, 0.3) is 0 Å². The summed E-state index contributed by atoms with van der Waals surface area (Å²) in [7, 11) is 0. The highest BCUT2D eigenvalue weighted by molar-refractivity contribution is 6.00. The quantitative estimate of drug-likeness (QED) is 0.0508. The van der Waals surface area contributed by atoms with Gasteiger partial charge in [-0.1, -0.05) is 102 Å². The lowest BCUT2D eigenvalue weighted by Crippen LogP contribution is -2.62. The van der Waals surface area contributed by atoms with Crippen LogP contribution in [0.2, 0.25) is 0 Å². The Hall–Kier alpha value is -8.65. The molecule has 5 rings (SSSR count). The van der Waals surface area contributed by atoms with Gasteiger partial charge in [0.15, 0.2) is 5.96 Å². The Morgan fingerprint density at radius 3 is 1.32 bits per heavy atom. The molecule has 10 amide bonds. The third-order valence-electron chi connectivity index (χ3n) is 15.3. The fourth-order valence-electron chi connectivity index (χ4n) is 10.9. The van der Waals surface area contributed by atoms with Gasteiger partial charge in [-0.25, -0.2) is 0 Å². The van der Waals surface area contributed by atoms with Crippen molar-refractivity contribution in [3.8, 4) is 0 Å². The number of benzene rings is 2. The molecule has 3 aliphatic rings. The van der Waals surface area contributed by atoms with Crippen LogP contribution in [-0.2, 0) is 70.4 Å². The third-order valence-corrected chi connectivity index (χ3v) is 15.3. The van der Waals surface area contributed by atoms with Crippen LogP contribution in [0.4, 0.5) is 0 Å². The van der Waals surface area contributed by atoms with E-state index >= 15 is 0 Å². The zero-order valence-corrected chi connectivity index (χ0v) is 50.4. The van der Waals surface area contributed by atoms with E-state index in [0.717, 1.165) is 0 Å². The summed E-state index contributed by atoms with van der Waals surface area (Å²) < 4.78 is 0. The Morgan fingerprint density at radius 1 is 0.506 bits per heavy atom. The first-order valence-corrected chi connectivity index (χ1v) is 29.8. The summed E-state index contributed by atoms with van der Waals surface area (Å²) in [6.07, 6.45) is -1.48. The van der Waals surface area contributed by atoms with Gasteiger partial charge in [0.1, 0.15) is 60.4 Å². The number of carboxylic acid groups (broad SMARTS) is 2. The van der Waals surface area contributed by atoms with Gasteiger partial charge >= 0.3 is 11.9 Å². The van der Waals surface area contributed by atoms with E-state index in [4.69, 9.17) is 11.5 Å². The molecule has 0 aromatic heterocycles. The summed E-state index contributed by atoms with van der Waals surface area (Å²) in [5.74, 6) is -12.8. The van der Waals surface area contributed by atoms with Crippen molar-refractivity contribution in [1.82, 2.24) is 52.3 Å². The van der Waals surface area contributed by atoms with E-state index in [1.165, 1.54) is 9.80 Å². The first-order chi connectivity index (χ1) is 41.2. The minimum absolute atomic E-state index is 0.00126. The Bertz CT molecular complexity index is 2800. The number of carboxylic acids is 2. The number of carbonyl (C=O) groups is 12. The van der Waals surface area contributed by atoms with E-state index in [0.29, 0.717) is 17.5 Å². The van der Waals surface area contributed by atoms with Crippen LogP contribution >= 0.6 is 0 Å². The van der Waals surface area contributed by atoms with E-state index in [-0.39, 0.29) is 95.2 Å². The van der Waals surface area contributed by atoms with Crippen molar-refractivity contribution < 1.29 is 67.7 Å². The van der Waals surface area contributed by atoms with Crippen LogP contribution in [0, 0.1) is 17.8 Å². The molecule has 10 atom stereocenters. The number of nitrogens with one attached hydrogen (secondary N) is 8. The number of nitrogens with zero attached hydrogens (tertiary/aromatic N) is 3. The van der Waals surface area contributed by atoms with E-state index in [9.17, 15) is 67.7 Å². The second-order valence-corrected chi connectivity index (χ2v) is 23.7. The zero-order valence-electron chi connectivity index (χ0n) is 50.4. The number of fused-ring (bicyclic) bond motifs is 2. The highest BCUT2D eigenvalue weighted by atomic mass is 16.4. The molecule has 2 aromatic rings. The van der Waals surface area contributed by atoms with Gasteiger partial charge in [0.2, 0.25) is 59.1 Å². The minimum Gasteiger partial charge on any atom is -0.481 e. The van der Waals surface area contributed by atoms with E-state index < -0.39 is 157 Å². The predicted octanol–water partition coefficient (Wildman–Crippen LogP) is -0.513. The standard InChI is InChI=1S/C60H87N13O14/c1-33(2)28-40-52(80)69-44(31-37-18-11-8-12-19-37)59(87)73-27-15-22-46(73)56(84)71-49(35(5)6)57(85)68-42(32-48(76)77)54(82)67-41(29-34(3)4)53(81)70-43(30-36-16-9-7-10-17-36)58(86)72-26-14-21-45(72)55(83)65-39(23-24-47(74)75)51(79)64-38(50(78)66-40)20-13-25-63-60(61)62/h7-12,16-19,33-35,38-46,49H,13-15,20-32H2,1-6H3,(H,64,79)(H,65,83)(H,66,78)(H,67,82)(H,68,85)(H,69,80)(H,70,81)(H,71,84)(H,74,75)(H,76,77)(H4,61,62,63)/t38-,39-,40-,41-,42-,43+,44+,45-,46-,49-/m0/s1. The maximum Gasteiger partial charge on any atom is 0.305 e. The molecule has 3 saturated heterocycles. The molecule has 476 valence electrons. The molecule has 2 aromatic carbocycles. The molecule has 87 heavy (non-hydrogen) atoms. The summed E-state index contributed by atoms with van der Waals surface area (Å²) >= 11 is 0. The molecule has 0 saturated carbocycles. The first kappa shape index (κ1) is 69.1. The molecule has 0 spiro atoms. The number of rotatable bonds is 18. The molecule has 0 unspecified atom stereocenters. The monoisotopic (exact) mass is 1210 g/mol. The lowest BCUT2D eigenvalue weighted by molar-refractivity contribution is -0.144. The van der Waals surface area contributed by atoms with E-state index in [2.05, 4.69) is 47.5 Å². The molecule has 3 heterocycles. The normalized spacial score (nSPS) is 25.4. The van der Waals surface area contributed by atoms with Gasteiger partial charge in [-0.05, 0) is 86.7 Å². The number of guanidine groups is 1. The number of amides is 10. The Kier molecular flexibility index (Phi) is 26.5. The molecular formula is C60H87N13O14. The van der Waals surface area contributed by atoms with Crippen molar-refractivity contribution in [1.29, 1.82) is 0 Å². The Labute approximate surface area is 506 Å². The summed E-state index contributed by atoms with van der Waals surface area (Å²) in [5.41, 5.74) is 12.4. The molecule has 3 fully saturated rings. The number of aliphatic carboxylic acids is 2. The van der Waals surface area contributed by atoms with Crippen molar-refractivity contribution in [3.63, 3.8) is 0 Å². The largest absolute Gasteiger partial charge is 0.481 e. The van der Waals surface area contributed by atoms with Crippen molar-refractivity contribution in [2.45, 2.75) is 185 Å². The summed E-state index contributed by atoms with van der Waals surface area (Å²) in [5, 5.41) is 41.2. The van der Waals surface area contributed by atoms with E-state index in [1.807, 2.05) is 0 Å². The van der Waals surface area contributed by atoms with Crippen molar-refractivity contribution in [2.24, 2.45) is 34.2 Å². The van der Waals surface area contributed by atoms with E-state index in [1.54, 1.807) is 102 Å². The fourth-order valence-corrected chi connectivity index (χ4v) is 10.9. The van der Waals surface area contributed by atoms with Gasteiger partial charge in [0.25, 0.3) is 0 Å². The maximum absolute atomic E-state index is 14.9. The second kappa shape index (κ2) is 33.3. The average Bonchev–Trinajstić information content (AvgIpc) is 2.82. The molecule has 0 radical (unpaired) electrons. The van der Waals surface area contributed by atoms with Gasteiger partial charge in [-0.15, -0.1) is 0 Å². The fraction of sp³-hybridized carbons (Fsp3) is 0.583. The first-order valence-electron chi connectivity index (χ1n) is 29.8. The van der Waals surface area contributed by atoms with Crippen LogP contribution < -0.4 is 54.0 Å². The smallest absolute Gasteiger partial charge is 0.305 e. The molecular weight excluding hydrogens is 1130 g/mol. The van der Waals surface area contributed by atoms with Crippen LogP contribution in [0.15, 0.2) is 65.7 Å². The molecule has 0 bridgehead atoms.